The number of aromatic nitrogens is 3. The third kappa shape index (κ3) is 6.53. The second-order valence-electron chi connectivity index (χ2n) is 12.1. The predicted molar refractivity (Wildman–Crippen MR) is 152 cm³/mol. The van der Waals surface area contributed by atoms with Crippen molar-refractivity contribution in [2.24, 2.45) is 5.41 Å². The fraction of sp³-hybridized carbons (Fsp3) is 0.562. The first kappa shape index (κ1) is 25.7. The van der Waals surface area contributed by atoms with Crippen molar-refractivity contribution in [2.45, 2.75) is 83.6 Å². The van der Waals surface area contributed by atoms with E-state index in [0.717, 1.165) is 38.0 Å². The fourth-order valence-electron chi connectivity index (χ4n) is 7.16. The minimum absolute atomic E-state index is 0.573. The number of nitrogens with zero attached hydrogens (tertiary/aromatic N) is 5. The second-order valence-corrected chi connectivity index (χ2v) is 12.1. The second kappa shape index (κ2) is 12.1. The van der Waals surface area contributed by atoms with Crippen LogP contribution >= 0.6 is 0 Å². The van der Waals surface area contributed by atoms with Crippen LogP contribution in [0.5, 0.6) is 0 Å². The molecule has 1 saturated carbocycles. The highest BCUT2D eigenvalue weighted by Crippen LogP contribution is 2.42. The molecule has 3 fully saturated rings. The van der Waals surface area contributed by atoms with Gasteiger partial charge in [-0.2, -0.15) is 0 Å². The van der Waals surface area contributed by atoms with Gasteiger partial charge in [0.1, 0.15) is 5.82 Å². The maximum Gasteiger partial charge on any atom is 0.120 e. The van der Waals surface area contributed by atoms with Crippen molar-refractivity contribution in [3.8, 4) is 0 Å². The Hall–Kier alpha value is -2.54. The van der Waals surface area contributed by atoms with Gasteiger partial charge < -0.3 is 9.88 Å². The first-order valence-corrected chi connectivity index (χ1v) is 14.9. The van der Waals surface area contributed by atoms with Gasteiger partial charge in [0.05, 0.1) is 6.54 Å². The normalized spacial score (nSPS) is 21.0. The van der Waals surface area contributed by atoms with E-state index in [-0.39, 0.29) is 0 Å². The molecule has 6 nitrogen and oxygen atoms in total. The smallest absolute Gasteiger partial charge is 0.120 e. The first-order valence-electron chi connectivity index (χ1n) is 14.9. The Balaban J connectivity index is 1.01. The van der Waals surface area contributed by atoms with Crippen LogP contribution in [0.3, 0.4) is 0 Å². The minimum Gasteiger partial charge on any atom is -0.348 e. The molecule has 38 heavy (non-hydrogen) atoms. The van der Waals surface area contributed by atoms with Crippen molar-refractivity contribution in [2.75, 3.05) is 26.2 Å². The Morgan fingerprint density at radius 3 is 2.34 bits per heavy atom. The molecule has 3 aliphatic rings. The van der Waals surface area contributed by atoms with Gasteiger partial charge in [-0.05, 0) is 79.9 Å². The molecule has 2 aliphatic heterocycles. The van der Waals surface area contributed by atoms with Crippen LogP contribution < -0.4 is 0 Å². The highest BCUT2D eigenvalue weighted by atomic mass is 15.2. The number of hydrogen-bond donors (Lipinski definition) is 1. The van der Waals surface area contributed by atoms with E-state index < -0.39 is 0 Å². The van der Waals surface area contributed by atoms with Gasteiger partial charge in [0.2, 0.25) is 0 Å². The SMILES string of the molecule is c1cncc(CN(Cc2ccc(CN3CCC4(CCN(C5CCCCC5)CC4)C3)cc2)Cc2ncc[nH]2)c1. The molecule has 0 amide bonds. The molecule has 3 aromatic rings. The van der Waals surface area contributed by atoms with Crippen molar-refractivity contribution in [3.05, 3.63) is 83.7 Å². The van der Waals surface area contributed by atoms with Crippen LogP contribution in [-0.4, -0.2) is 61.9 Å². The molecule has 4 heterocycles. The van der Waals surface area contributed by atoms with E-state index in [2.05, 4.69) is 60.0 Å². The number of benzene rings is 1. The quantitative estimate of drug-likeness (QED) is 0.403. The van der Waals surface area contributed by atoms with Gasteiger partial charge in [0.15, 0.2) is 0 Å². The van der Waals surface area contributed by atoms with Crippen LogP contribution in [0.4, 0.5) is 0 Å². The number of imidazole rings is 1. The van der Waals surface area contributed by atoms with E-state index in [1.54, 1.807) is 0 Å². The summed E-state index contributed by atoms with van der Waals surface area (Å²) in [5, 5.41) is 0. The van der Waals surface area contributed by atoms with E-state index in [9.17, 15) is 0 Å². The van der Waals surface area contributed by atoms with Crippen LogP contribution in [0.15, 0.2) is 61.2 Å². The average molecular weight is 513 g/mol. The zero-order valence-electron chi connectivity index (χ0n) is 22.9. The fourth-order valence-corrected chi connectivity index (χ4v) is 7.16. The monoisotopic (exact) mass is 512 g/mol. The lowest BCUT2D eigenvalue weighted by Gasteiger charge is -2.43. The van der Waals surface area contributed by atoms with Crippen LogP contribution in [0.1, 0.15) is 73.9 Å². The summed E-state index contributed by atoms with van der Waals surface area (Å²) in [6, 6.07) is 14.4. The maximum atomic E-state index is 4.45. The molecule has 0 radical (unpaired) electrons. The van der Waals surface area contributed by atoms with E-state index >= 15 is 0 Å². The van der Waals surface area contributed by atoms with E-state index in [0.29, 0.717) is 5.41 Å². The molecule has 6 heteroatoms. The predicted octanol–water partition coefficient (Wildman–Crippen LogP) is 5.63. The number of likely N-dealkylation sites (tertiary alicyclic amines) is 2. The van der Waals surface area contributed by atoms with Crippen molar-refractivity contribution in [3.63, 3.8) is 0 Å². The lowest BCUT2D eigenvalue weighted by molar-refractivity contribution is 0.0615. The number of piperidine rings is 1. The van der Waals surface area contributed by atoms with E-state index in [1.165, 1.54) is 94.2 Å². The highest BCUT2D eigenvalue weighted by Gasteiger charge is 2.41. The molecule has 2 aromatic heterocycles. The molecule has 0 bridgehead atoms. The molecular formula is C32H44N6. The topological polar surface area (TPSA) is 51.3 Å². The van der Waals surface area contributed by atoms with Gasteiger partial charge in [-0.15, -0.1) is 0 Å². The number of H-pyrrole nitrogens is 1. The van der Waals surface area contributed by atoms with Gasteiger partial charge in [0.25, 0.3) is 0 Å². The standard InChI is InChI=1S/C32H44N6/c1-2-6-30(7-3-1)38-19-13-32(14-20-38)12-18-36(26-32)22-27-8-10-28(11-9-27)23-37(25-31-34-16-17-35-31)24-29-5-4-15-33-21-29/h4-5,8-11,15-17,21,30H,1-3,6-7,12-14,18-20,22-26H2,(H,34,35). The summed E-state index contributed by atoms with van der Waals surface area (Å²) in [4.78, 5) is 20.0. The first-order chi connectivity index (χ1) is 18.7. The largest absolute Gasteiger partial charge is 0.348 e. The van der Waals surface area contributed by atoms with Crippen molar-refractivity contribution in [1.82, 2.24) is 29.7 Å². The van der Waals surface area contributed by atoms with E-state index in [4.69, 9.17) is 0 Å². The maximum absolute atomic E-state index is 4.45. The summed E-state index contributed by atoms with van der Waals surface area (Å²) in [6.07, 6.45) is 19.0. The van der Waals surface area contributed by atoms with Crippen molar-refractivity contribution < 1.29 is 0 Å². The van der Waals surface area contributed by atoms with Crippen molar-refractivity contribution in [1.29, 1.82) is 0 Å². The molecule has 202 valence electrons. The van der Waals surface area contributed by atoms with Gasteiger partial charge >= 0.3 is 0 Å². The summed E-state index contributed by atoms with van der Waals surface area (Å²) < 4.78 is 0. The van der Waals surface area contributed by atoms with E-state index in [1.807, 2.05) is 30.9 Å². The molecule has 1 aromatic carbocycles. The van der Waals surface area contributed by atoms with Crippen LogP contribution in [0.2, 0.25) is 0 Å². The summed E-state index contributed by atoms with van der Waals surface area (Å²) in [6.45, 7) is 8.83. The lowest BCUT2D eigenvalue weighted by Crippen LogP contribution is -2.46. The van der Waals surface area contributed by atoms with Gasteiger partial charge in [0, 0.05) is 57.0 Å². The molecule has 2 saturated heterocycles. The summed E-state index contributed by atoms with van der Waals surface area (Å²) in [7, 11) is 0. The zero-order chi connectivity index (χ0) is 25.6. The number of rotatable bonds is 9. The Kier molecular flexibility index (Phi) is 8.19. The third-order valence-corrected chi connectivity index (χ3v) is 9.36. The molecule has 1 aliphatic carbocycles. The number of nitrogens with one attached hydrogen (secondary N) is 1. The zero-order valence-corrected chi connectivity index (χ0v) is 22.9. The highest BCUT2D eigenvalue weighted by molar-refractivity contribution is 5.23. The Morgan fingerprint density at radius 2 is 1.61 bits per heavy atom. The molecular weight excluding hydrogens is 468 g/mol. The molecule has 6 rings (SSSR count). The summed E-state index contributed by atoms with van der Waals surface area (Å²) in [5.41, 5.74) is 4.58. The lowest BCUT2D eigenvalue weighted by atomic mass is 9.77. The van der Waals surface area contributed by atoms with Gasteiger partial charge in [-0.25, -0.2) is 4.98 Å². The third-order valence-electron chi connectivity index (χ3n) is 9.36. The van der Waals surface area contributed by atoms with Gasteiger partial charge in [-0.1, -0.05) is 49.6 Å². The average Bonchev–Trinajstić information content (AvgIpc) is 3.61. The van der Waals surface area contributed by atoms with Gasteiger partial charge in [-0.3, -0.25) is 14.8 Å². The van der Waals surface area contributed by atoms with Crippen LogP contribution in [0.25, 0.3) is 0 Å². The van der Waals surface area contributed by atoms with Crippen LogP contribution in [-0.2, 0) is 26.2 Å². The number of hydrogen-bond acceptors (Lipinski definition) is 5. The molecule has 1 spiro atoms. The Morgan fingerprint density at radius 1 is 0.842 bits per heavy atom. The van der Waals surface area contributed by atoms with Crippen LogP contribution in [0, 0.1) is 5.41 Å². The minimum atomic E-state index is 0.573. The van der Waals surface area contributed by atoms with Crippen molar-refractivity contribution >= 4 is 0 Å². The summed E-state index contributed by atoms with van der Waals surface area (Å²) >= 11 is 0. The number of pyridine rings is 1. The number of aromatic amines is 1. The summed E-state index contributed by atoms with van der Waals surface area (Å²) in [5.74, 6) is 0.998. The molecule has 0 atom stereocenters. The Labute approximate surface area is 228 Å². The molecule has 1 N–H and O–H groups in total. The molecule has 0 unspecified atom stereocenters. The Bertz CT molecular complexity index is 1100.